The van der Waals surface area contributed by atoms with Gasteiger partial charge in [-0.25, -0.2) is 0 Å². The first kappa shape index (κ1) is 15.4. The second-order valence-corrected chi connectivity index (χ2v) is 4.51. The minimum atomic E-state index is -0.360. The van der Waals surface area contributed by atoms with Crippen molar-refractivity contribution in [3.05, 3.63) is 0 Å². The van der Waals surface area contributed by atoms with Gasteiger partial charge in [0.15, 0.2) is 0 Å². The number of carbonyl (C=O) groups is 1. The van der Waals surface area contributed by atoms with Crippen LogP contribution in [0, 0.1) is 5.92 Å². The number of amides is 1. The zero-order chi connectivity index (χ0) is 12.4. The van der Waals surface area contributed by atoms with Gasteiger partial charge in [-0.1, -0.05) is 27.2 Å². The van der Waals surface area contributed by atoms with Gasteiger partial charge in [0.05, 0.1) is 6.04 Å². The van der Waals surface area contributed by atoms with Crippen LogP contribution in [-0.4, -0.2) is 31.7 Å². The number of ether oxygens (including phenoxy) is 1. The van der Waals surface area contributed by atoms with Gasteiger partial charge in [-0.2, -0.15) is 0 Å². The molecule has 0 aromatic heterocycles. The number of hydrogen-bond donors (Lipinski definition) is 2. The van der Waals surface area contributed by atoms with E-state index in [9.17, 15) is 4.79 Å². The highest BCUT2D eigenvalue weighted by molar-refractivity contribution is 5.81. The van der Waals surface area contributed by atoms with Crippen molar-refractivity contribution >= 4 is 5.91 Å². The Morgan fingerprint density at radius 1 is 1.44 bits per heavy atom. The summed E-state index contributed by atoms with van der Waals surface area (Å²) in [5.41, 5.74) is 5.67. The fourth-order valence-electron chi connectivity index (χ4n) is 1.28. The van der Waals surface area contributed by atoms with Crippen molar-refractivity contribution in [1.82, 2.24) is 5.32 Å². The normalized spacial score (nSPS) is 12.8. The lowest BCUT2D eigenvalue weighted by Gasteiger charge is -2.11. The molecule has 0 aliphatic rings. The summed E-state index contributed by atoms with van der Waals surface area (Å²) < 4.78 is 5.40. The molecule has 0 spiro atoms. The summed E-state index contributed by atoms with van der Waals surface area (Å²) in [6.07, 6.45) is 2.53. The van der Waals surface area contributed by atoms with Crippen LogP contribution in [0.25, 0.3) is 0 Å². The molecule has 0 aliphatic heterocycles. The summed E-state index contributed by atoms with van der Waals surface area (Å²) in [6, 6.07) is -0.360. The Balaban J connectivity index is 3.34. The van der Waals surface area contributed by atoms with Gasteiger partial charge < -0.3 is 15.8 Å². The van der Waals surface area contributed by atoms with Crippen molar-refractivity contribution in [2.24, 2.45) is 11.7 Å². The predicted molar refractivity (Wildman–Crippen MR) is 66.2 cm³/mol. The average Bonchev–Trinajstić information content (AvgIpc) is 2.22. The zero-order valence-electron chi connectivity index (χ0n) is 10.8. The Hall–Kier alpha value is -0.610. The van der Waals surface area contributed by atoms with E-state index in [2.05, 4.69) is 19.2 Å². The van der Waals surface area contributed by atoms with E-state index in [-0.39, 0.29) is 11.9 Å². The molecule has 4 nitrogen and oxygen atoms in total. The number of nitrogens with one attached hydrogen (secondary N) is 1. The van der Waals surface area contributed by atoms with E-state index in [1.165, 1.54) is 0 Å². The molecule has 96 valence electrons. The summed E-state index contributed by atoms with van der Waals surface area (Å²) in [6.45, 7) is 8.38. The molecular weight excluding hydrogens is 204 g/mol. The minimum Gasteiger partial charge on any atom is -0.381 e. The molecule has 0 aromatic carbocycles. The van der Waals surface area contributed by atoms with Gasteiger partial charge in [0.25, 0.3) is 0 Å². The molecule has 0 saturated carbocycles. The van der Waals surface area contributed by atoms with E-state index in [0.717, 1.165) is 25.9 Å². The molecule has 0 unspecified atom stereocenters. The Morgan fingerprint density at radius 2 is 2.12 bits per heavy atom. The summed E-state index contributed by atoms with van der Waals surface area (Å²) in [4.78, 5) is 11.4. The van der Waals surface area contributed by atoms with Gasteiger partial charge in [0.2, 0.25) is 5.91 Å². The van der Waals surface area contributed by atoms with Crippen LogP contribution in [0.3, 0.4) is 0 Å². The lowest BCUT2D eigenvalue weighted by Crippen LogP contribution is -2.40. The molecule has 0 aromatic rings. The Bertz CT molecular complexity index is 184. The maximum absolute atomic E-state index is 11.4. The Kier molecular flexibility index (Phi) is 9.24. The van der Waals surface area contributed by atoms with Gasteiger partial charge in [-0.3, -0.25) is 4.79 Å². The molecule has 0 radical (unpaired) electrons. The first-order valence-electron chi connectivity index (χ1n) is 6.19. The predicted octanol–water partition coefficient (Wildman–Crippen LogP) is 1.29. The van der Waals surface area contributed by atoms with Crippen molar-refractivity contribution in [1.29, 1.82) is 0 Å². The first-order chi connectivity index (χ1) is 7.57. The van der Waals surface area contributed by atoms with E-state index in [1.807, 2.05) is 6.92 Å². The molecule has 1 amide bonds. The van der Waals surface area contributed by atoms with E-state index in [0.29, 0.717) is 19.1 Å². The fourth-order valence-corrected chi connectivity index (χ4v) is 1.28. The van der Waals surface area contributed by atoms with E-state index in [1.54, 1.807) is 0 Å². The molecule has 0 fully saturated rings. The lowest BCUT2D eigenvalue weighted by atomic mass is 10.2. The highest BCUT2D eigenvalue weighted by atomic mass is 16.5. The molecule has 4 heteroatoms. The molecule has 3 N–H and O–H groups in total. The molecule has 0 rings (SSSR count). The van der Waals surface area contributed by atoms with Gasteiger partial charge in [-0.05, 0) is 18.8 Å². The van der Waals surface area contributed by atoms with Crippen LogP contribution in [0.1, 0.15) is 40.0 Å². The minimum absolute atomic E-state index is 0.0503. The topological polar surface area (TPSA) is 64.4 Å². The first-order valence-corrected chi connectivity index (χ1v) is 6.19. The molecule has 0 saturated heterocycles. The Labute approximate surface area is 98.9 Å². The van der Waals surface area contributed by atoms with Gasteiger partial charge in [0.1, 0.15) is 0 Å². The zero-order valence-corrected chi connectivity index (χ0v) is 10.8. The largest absolute Gasteiger partial charge is 0.381 e. The quantitative estimate of drug-likeness (QED) is 0.587. The van der Waals surface area contributed by atoms with Crippen LogP contribution < -0.4 is 11.1 Å². The maximum atomic E-state index is 11.4. The fraction of sp³-hybridized carbons (Fsp3) is 0.917. The third kappa shape index (κ3) is 8.68. The molecule has 0 bridgehead atoms. The monoisotopic (exact) mass is 230 g/mol. The van der Waals surface area contributed by atoms with Gasteiger partial charge in [-0.15, -0.1) is 0 Å². The van der Waals surface area contributed by atoms with Crippen molar-refractivity contribution in [3.8, 4) is 0 Å². The third-order valence-corrected chi connectivity index (χ3v) is 2.15. The average molecular weight is 230 g/mol. The summed E-state index contributed by atoms with van der Waals surface area (Å²) in [5, 5.41) is 2.81. The SMILES string of the molecule is CCC[C@H](N)C(=O)NCCCOCC(C)C. The Morgan fingerprint density at radius 3 is 2.69 bits per heavy atom. The smallest absolute Gasteiger partial charge is 0.236 e. The summed E-state index contributed by atoms with van der Waals surface area (Å²) >= 11 is 0. The van der Waals surface area contributed by atoms with Crippen molar-refractivity contribution in [2.75, 3.05) is 19.8 Å². The molecule has 1 atom stereocenters. The van der Waals surface area contributed by atoms with Crippen LogP contribution >= 0.6 is 0 Å². The number of hydrogen-bond acceptors (Lipinski definition) is 3. The number of carbonyl (C=O) groups excluding carboxylic acids is 1. The second kappa shape index (κ2) is 9.60. The van der Waals surface area contributed by atoms with Crippen molar-refractivity contribution < 1.29 is 9.53 Å². The molecular formula is C12H26N2O2. The number of rotatable bonds is 9. The maximum Gasteiger partial charge on any atom is 0.236 e. The van der Waals surface area contributed by atoms with Crippen LogP contribution in [0.15, 0.2) is 0 Å². The van der Waals surface area contributed by atoms with Crippen LogP contribution in [-0.2, 0) is 9.53 Å². The van der Waals surface area contributed by atoms with E-state index in [4.69, 9.17) is 10.5 Å². The molecule has 0 aliphatic carbocycles. The van der Waals surface area contributed by atoms with E-state index >= 15 is 0 Å². The highest BCUT2D eigenvalue weighted by Gasteiger charge is 2.10. The van der Waals surface area contributed by atoms with E-state index < -0.39 is 0 Å². The summed E-state index contributed by atoms with van der Waals surface area (Å²) in [7, 11) is 0. The second-order valence-electron chi connectivity index (χ2n) is 4.51. The van der Waals surface area contributed by atoms with Crippen LogP contribution in [0.5, 0.6) is 0 Å². The summed E-state index contributed by atoms with van der Waals surface area (Å²) in [5.74, 6) is 0.512. The van der Waals surface area contributed by atoms with Gasteiger partial charge >= 0.3 is 0 Å². The van der Waals surface area contributed by atoms with Gasteiger partial charge in [0, 0.05) is 19.8 Å². The number of nitrogens with two attached hydrogens (primary N) is 1. The molecule has 16 heavy (non-hydrogen) atoms. The van der Waals surface area contributed by atoms with Crippen molar-refractivity contribution in [3.63, 3.8) is 0 Å². The van der Waals surface area contributed by atoms with Crippen LogP contribution in [0.4, 0.5) is 0 Å². The highest BCUT2D eigenvalue weighted by Crippen LogP contribution is 1.94. The standard InChI is InChI=1S/C12H26N2O2/c1-4-6-11(13)12(15)14-7-5-8-16-9-10(2)3/h10-11H,4-9,13H2,1-3H3,(H,14,15)/t11-/m0/s1. The molecule has 0 heterocycles. The third-order valence-electron chi connectivity index (χ3n) is 2.15. The van der Waals surface area contributed by atoms with Crippen LogP contribution in [0.2, 0.25) is 0 Å². The lowest BCUT2D eigenvalue weighted by molar-refractivity contribution is -0.122. The van der Waals surface area contributed by atoms with Crippen molar-refractivity contribution in [2.45, 2.75) is 46.1 Å².